The Morgan fingerprint density at radius 2 is 2.15 bits per heavy atom. The van der Waals surface area contributed by atoms with Crippen LogP contribution in [0, 0.1) is 13.8 Å². The van der Waals surface area contributed by atoms with Crippen LogP contribution in [-0.4, -0.2) is 21.0 Å². The molecule has 0 saturated carbocycles. The molecule has 5 nitrogen and oxygen atoms in total. The average molecular weight is 272 g/mol. The van der Waals surface area contributed by atoms with Crippen LogP contribution in [0.3, 0.4) is 0 Å². The van der Waals surface area contributed by atoms with Gasteiger partial charge in [0.1, 0.15) is 11.6 Å². The summed E-state index contributed by atoms with van der Waals surface area (Å²) in [5.74, 6) is 1.15. The number of aliphatic carboxylic acids is 1. The SMILES string of the molecule is Cc1ncc(Oc2cccc(CCC(=O)O)c2)c(C)n1. The van der Waals surface area contributed by atoms with Crippen LogP contribution in [0.15, 0.2) is 30.5 Å². The van der Waals surface area contributed by atoms with Crippen LogP contribution in [0.5, 0.6) is 11.5 Å². The average Bonchev–Trinajstić information content (AvgIpc) is 2.40. The number of aryl methyl sites for hydroxylation is 3. The largest absolute Gasteiger partial charge is 0.481 e. The van der Waals surface area contributed by atoms with Crippen molar-refractivity contribution in [3.63, 3.8) is 0 Å². The Morgan fingerprint density at radius 3 is 2.85 bits per heavy atom. The summed E-state index contributed by atoms with van der Waals surface area (Å²) in [5.41, 5.74) is 1.70. The highest BCUT2D eigenvalue weighted by Gasteiger charge is 2.05. The fourth-order valence-corrected chi connectivity index (χ4v) is 1.82. The van der Waals surface area contributed by atoms with Gasteiger partial charge in [-0.1, -0.05) is 12.1 Å². The third kappa shape index (κ3) is 3.78. The molecule has 1 N–H and O–H groups in total. The Morgan fingerprint density at radius 1 is 1.35 bits per heavy atom. The highest BCUT2D eigenvalue weighted by molar-refractivity contribution is 5.67. The quantitative estimate of drug-likeness (QED) is 0.906. The highest BCUT2D eigenvalue weighted by atomic mass is 16.5. The molecule has 0 radical (unpaired) electrons. The third-order valence-corrected chi connectivity index (χ3v) is 2.81. The van der Waals surface area contributed by atoms with Gasteiger partial charge in [0.2, 0.25) is 0 Å². The standard InChI is InChI=1S/C15H16N2O3/c1-10-14(9-16-11(2)17-10)20-13-5-3-4-12(8-13)6-7-15(18)19/h3-5,8-9H,6-7H2,1-2H3,(H,18,19). The minimum absolute atomic E-state index is 0.107. The molecule has 0 atom stereocenters. The summed E-state index contributed by atoms with van der Waals surface area (Å²) in [5, 5.41) is 8.69. The van der Waals surface area contributed by atoms with Crippen LogP contribution in [0.1, 0.15) is 23.5 Å². The molecule has 0 amide bonds. The number of hydrogen-bond donors (Lipinski definition) is 1. The van der Waals surface area contributed by atoms with E-state index in [0.29, 0.717) is 23.7 Å². The van der Waals surface area contributed by atoms with E-state index in [2.05, 4.69) is 9.97 Å². The van der Waals surface area contributed by atoms with E-state index in [1.165, 1.54) is 0 Å². The Hall–Kier alpha value is -2.43. The summed E-state index contributed by atoms with van der Waals surface area (Å²) >= 11 is 0. The summed E-state index contributed by atoms with van der Waals surface area (Å²) in [4.78, 5) is 18.9. The van der Waals surface area contributed by atoms with Crippen molar-refractivity contribution in [2.24, 2.45) is 0 Å². The second-order valence-electron chi connectivity index (χ2n) is 4.51. The normalized spacial score (nSPS) is 10.3. The number of aromatic nitrogens is 2. The van der Waals surface area contributed by atoms with Gasteiger partial charge in [-0.2, -0.15) is 0 Å². The zero-order chi connectivity index (χ0) is 14.5. The van der Waals surface area contributed by atoms with Crippen LogP contribution < -0.4 is 4.74 Å². The van der Waals surface area contributed by atoms with E-state index in [0.717, 1.165) is 11.3 Å². The van der Waals surface area contributed by atoms with Gasteiger partial charge >= 0.3 is 5.97 Å². The second kappa shape index (κ2) is 6.14. The second-order valence-corrected chi connectivity index (χ2v) is 4.51. The van der Waals surface area contributed by atoms with Gasteiger partial charge < -0.3 is 9.84 Å². The molecule has 1 heterocycles. The van der Waals surface area contributed by atoms with Crippen molar-refractivity contribution >= 4 is 5.97 Å². The molecule has 0 fully saturated rings. The molecule has 0 bridgehead atoms. The fourth-order valence-electron chi connectivity index (χ4n) is 1.82. The van der Waals surface area contributed by atoms with Gasteiger partial charge in [-0.25, -0.2) is 9.97 Å². The minimum atomic E-state index is -0.806. The summed E-state index contributed by atoms with van der Waals surface area (Å²) < 4.78 is 5.74. The van der Waals surface area contributed by atoms with Gasteiger partial charge in [0, 0.05) is 6.42 Å². The van der Waals surface area contributed by atoms with Crippen LogP contribution in [0.25, 0.3) is 0 Å². The summed E-state index contributed by atoms with van der Waals surface area (Å²) in [6.45, 7) is 3.68. The van der Waals surface area contributed by atoms with Gasteiger partial charge in [-0.15, -0.1) is 0 Å². The molecular weight excluding hydrogens is 256 g/mol. The number of nitrogens with zero attached hydrogens (tertiary/aromatic N) is 2. The molecule has 0 aliphatic rings. The molecule has 20 heavy (non-hydrogen) atoms. The fraction of sp³-hybridized carbons (Fsp3) is 0.267. The lowest BCUT2D eigenvalue weighted by molar-refractivity contribution is -0.136. The lowest BCUT2D eigenvalue weighted by Gasteiger charge is -2.09. The number of carboxylic acid groups (broad SMARTS) is 1. The first kappa shape index (κ1) is 14.0. The molecule has 0 aliphatic heterocycles. The van der Waals surface area contributed by atoms with Gasteiger partial charge in [-0.05, 0) is 38.0 Å². The van der Waals surface area contributed by atoms with Crippen molar-refractivity contribution in [3.8, 4) is 11.5 Å². The monoisotopic (exact) mass is 272 g/mol. The number of benzene rings is 1. The molecule has 0 spiro atoms. The topological polar surface area (TPSA) is 72.3 Å². The summed E-state index contributed by atoms with van der Waals surface area (Å²) in [6.07, 6.45) is 2.23. The highest BCUT2D eigenvalue weighted by Crippen LogP contribution is 2.24. The van der Waals surface area contributed by atoms with Crippen LogP contribution >= 0.6 is 0 Å². The maximum absolute atomic E-state index is 10.6. The van der Waals surface area contributed by atoms with E-state index in [1.54, 1.807) is 6.20 Å². The van der Waals surface area contributed by atoms with Gasteiger partial charge in [0.05, 0.1) is 11.9 Å². The van der Waals surface area contributed by atoms with Crippen molar-refractivity contribution in [2.45, 2.75) is 26.7 Å². The number of carboxylic acids is 1. The maximum atomic E-state index is 10.6. The van der Waals surface area contributed by atoms with E-state index < -0.39 is 5.97 Å². The molecule has 0 unspecified atom stereocenters. The Bertz CT molecular complexity index is 626. The first-order chi connectivity index (χ1) is 9.54. The zero-order valence-corrected chi connectivity index (χ0v) is 11.5. The lowest BCUT2D eigenvalue weighted by Crippen LogP contribution is -1.98. The molecule has 1 aromatic carbocycles. The molecule has 5 heteroatoms. The van der Waals surface area contributed by atoms with Gasteiger partial charge in [0.15, 0.2) is 5.75 Å². The first-order valence-corrected chi connectivity index (χ1v) is 6.33. The molecule has 0 saturated heterocycles. The zero-order valence-electron chi connectivity index (χ0n) is 11.5. The number of hydrogen-bond acceptors (Lipinski definition) is 4. The predicted octanol–water partition coefficient (Wildman–Crippen LogP) is 2.90. The van der Waals surface area contributed by atoms with Gasteiger partial charge in [0.25, 0.3) is 0 Å². The van der Waals surface area contributed by atoms with E-state index in [1.807, 2.05) is 38.1 Å². The Labute approximate surface area is 117 Å². The molecule has 1 aromatic heterocycles. The van der Waals surface area contributed by atoms with E-state index >= 15 is 0 Å². The Kier molecular flexibility index (Phi) is 4.30. The van der Waals surface area contributed by atoms with E-state index in [9.17, 15) is 4.79 Å². The van der Waals surface area contributed by atoms with Crippen molar-refractivity contribution in [1.82, 2.24) is 9.97 Å². The Balaban J connectivity index is 2.13. The number of ether oxygens (including phenoxy) is 1. The number of carbonyl (C=O) groups is 1. The van der Waals surface area contributed by atoms with Gasteiger partial charge in [-0.3, -0.25) is 4.79 Å². The van der Waals surface area contributed by atoms with Crippen molar-refractivity contribution < 1.29 is 14.6 Å². The summed E-state index contributed by atoms with van der Waals surface area (Å²) in [7, 11) is 0. The maximum Gasteiger partial charge on any atom is 0.303 e. The number of rotatable bonds is 5. The minimum Gasteiger partial charge on any atom is -0.481 e. The van der Waals surface area contributed by atoms with Crippen LogP contribution in [0.2, 0.25) is 0 Å². The smallest absolute Gasteiger partial charge is 0.303 e. The van der Waals surface area contributed by atoms with E-state index in [-0.39, 0.29) is 6.42 Å². The molecule has 2 rings (SSSR count). The van der Waals surface area contributed by atoms with E-state index in [4.69, 9.17) is 9.84 Å². The molecular formula is C15H16N2O3. The lowest BCUT2D eigenvalue weighted by atomic mass is 10.1. The van der Waals surface area contributed by atoms with Crippen LogP contribution in [0.4, 0.5) is 0 Å². The molecule has 2 aromatic rings. The van der Waals surface area contributed by atoms with Crippen LogP contribution in [-0.2, 0) is 11.2 Å². The molecule has 0 aliphatic carbocycles. The third-order valence-electron chi connectivity index (χ3n) is 2.81. The predicted molar refractivity (Wildman–Crippen MR) is 74.0 cm³/mol. The first-order valence-electron chi connectivity index (χ1n) is 6.33. The van der Waals surface area contributed by atoms with Crippen molar-refractivity contribution in [2.75, 3.05) is 0 Å². The van der Waals surface area contributed by atoms with Crippen molar-refractivity contribution in [1.29, 1.82) is 0 Å². The molecule has 104 valence electrons. The van der Waals surface area contributed by atoms with Crippen molar-refractivity contribution in [3.05, 3.63) is 47.5 Å². The summed E-state index contributed by atoms with van der Waals surface area (Å²) in [6, 6.07) is 7.39.